The minimum Gasteiger partial charge on any atom is -0.351 e. The van der Waals surface area contributed by atoms with Crippen molar-refractivity contribution in [3.8, 4) is 0 Å². The van der Waals surface area contributed by atoms with Gasteiger partial charge in [0.2, 0.25) is 5.91 Å². The summed E-state index contributed by atoms with van der Waals surface area (Å²) < 4.78 is 0. The normalized spacial score (nSPS) is 36.7. The molecule has 0 atom stereocenters. The molecule has 0 aliphatic heterocycles. The van der Waals surface area contributed by atoms with Crippen molar-refractivity contribution < 1.29 is 4.79 Å². The van der Waals surface area contributed by atoms with Gasteiger partial charge in [0, 0.05) is 17.9 Å². The Balaban J connectivity index is 1.73. The first-order chi connectivity index (χ1) is 7.04. The third kappa shape index (κ3) is 1.06. The molecular weight excluding hydrogens is 192 g/mol. The summed E-state index contributed by atoms with van der Waals surface area (Å²) in [5.74, 6) is 1.85. The lowest BCUT2D eigenvalue weighted by atomic mass is 9.39. The van der Waals surface area contributed by atoms with E-state index in [1.54, 1.807) is 6.92 Å². The molecule has 3 fully saturated rings. The van der Waals surface area contributed by atoms with Gasteiger partial charge in [0.1, 0.15) is 5.82 Å². The van der Waals surface area contributed by atoms with E-state index in [4.69, 9.17) is 0 Å². The van der Waals surface area contributed by atoms with Gasteiger partial charge in [-0.25, -0.2) is 4.98 Å². The predicted octanol–water partition coefficient (Wildman–Crippen LogP) is 0.423. The Labute approximate surface area is 87.7 Å². The van der Waals surface area contributed by atoms with Crippen molar-refractivity contribution in [3.63, 3.8) is 0 Å². The van der Waals surface area contributed by atoms with Gasteiger partial charge in [-0.2, -0.15) is 5.10 Å². The summed E-state index contributed by atoms with van der Waals surface area (Å²) in [7, 11) is 0. The Morgan fingerprint density at radius 1 is 1.47 bits per heavy atom. The Kier molecular flexibility index (Phi) is 1.42. The zero-order valence-electron chi connectivity index (χ0n) is 8.92. The molecule has 0 radical (unpaired) electrons. The van der Waals surface area contributed by atoms with Crippen molar-refractivity contribution in [1.29, 1.82) is 0 Å². The van der Waals surface area contributed by atoms with Crippen molar-refractivity contribution in [2.45, 2.75) is 44.1 Å². The van der Waals surface area contributed by atoms with E-state index in [0.717, 1.165) is 30.9 Å². The fourth-order valence-corrected chi connectivity index (χ4v) is 3.11. The summed E-state index contributed by atoms with van der Waals surface area (Å²) in [5.41, 5.74) is 0.230. The lowest BCUT2D eigenvalue weighted by Crippen LogP contribution is -2.76. The molecule has 3 saturated carbocycles. The second-order valence-electron chi connectivity index (χ2n) is 5.02. The van der Waals surface area contributed by atoms with Crippen LogP contribution in [0.25, 0.3) is 0 Å². The van der Waals surface area contributed by atoms with E-state index in [1.165, 1.54) is 0 Å². The number of carbonyl (C=O) groups excluding carboxylic acids is 1. The summed E-state index contributed by atoms with van der Waals surface area (Å²) in [6.07, 6.45) is 2.99. The number of H-pyrrole nitrogens is 1. The fourth-order valence-electron chi connectivity index (χ4n) is 3.11. The van der Waals surface area contributed by atoms with Crippen LogP contribution in [0.3, 0.4) is 0 Å². The Bertz CT molecular complexity index is 417. The Morgan fingerprint density at radius 3 is 2.60 bits per heavy atom. The van der Waals surface area contributed by atoms with Crippen LogP contribution in [0, 0.1) is 6.92 Å². The largest absolute Gasteiger partial charge is 0.351 e. The molecule has 3 aliphatic rings. The Morgan fingerprint density at radius 2 is 2.13 bits per heavy atom. The van der Waals surface area contributed by atoms with E-state index >= 15 is 0 Å². The van der Waals surface area contributed by atoms with Crippen LogP contribution in [0.5, 0.6) is 0 Å². The number of amides is 1. The lowest BCUT2D eigenvalue weighted by Gasteiger charge is -2.69. The highest BCUT2D eigenvalue weighted by molar-refractivity contribution is 5.75. The van der Waals surface area contributed by atoms with Gasteiger partial charge in [-0.15, -0.1) is 0 Å². The number of aryl methyl sites for hydroxylation is 1. The summed E-state index contributed by atoms with van der Waals surface area (Å²) in [6.45, 7) is 3.48. The molecule has 0 spiro atoms. The van der Waals surface area contributed by atoms with Crippen LogP contribution in [-0.4, -0.2) is 26.6 Å². The van der Waals surface area contributed by atoms with Crippen molar-refractivity contribution in [1.82, 2.24) is 20.5 Å². The molecule has 1 aromatic rings. The monoisotopic (exact) mass is 206 g/mol. The molecule has 4 rings (SSSR count). The standard InChI is InChI=1S/C10H14N4O/c1-6-11-8(14-13-6)9-3-10(4-9,5-9)12-7(2)15/h3-5H2,1-2H3,(H,12,15)(H,11,13,14). The minimum atomic E-state index is 0.0643. The molecule has 5 nitrogen and oxygen atoms in total. The van der Waals surface area contributed by atoms with E-state index in [-0.39, 0.29) is 16.9 Å². The number of rotatable bonds is 2. The van der Waals surface area contributed by atoms with Crippen LogP contribution in [0.15, 0.2) is 0 Å². The van der Waals surface area contributed by atoms with Gasteiger partial charge in [-0.1, -0.05) is 0 Å². The molecule has 2 bridgehead atoms. The first-order valence-electron chi connectivity index (χ1n) is 5.22. The number of hydrogen-bond donors (Lipinski definition) is 2. The average molecular weight is 206 g/mol. The van der Waals surface area contributed by atoms with Crippen molar-refractivity contribution >= 4 is 5.91 Å². The summed E-state index contributed by atoms with van der Waals surface area (Å²) >= 11 is 0. The predicted molar refractivity (Wildman–Crippen MR) is 53.2 cm³/mol. The maximum absolute atomic E-state index is 11.0. The number of nitrogens with one attached hydrogen (secondary N) is 2. The third-order valence-corrected chi connectivity index (χ3v) is 3.54. The molecular formula is C10H14N4O. The van der Waals surface area contributed by atoms with E-state index in [9.17, 15) is 4.79 Å². The quantitative estimate of drug-likeness (QED) is 0.736. The van der Waals surface area contributed by atoms with Gasteiger partial charge in [0.05, 0.1) is 0 Å². The first kappa shape index (κ1) is 8.88. The molecule has 2 N–H and O–H groups in total. The van der Waals surface area contributed by atoms with Gasteiger partial charge in [-0.05, 0) is 26.2 Å². The van der Waals surface area contributed by atoms with Gasteiger partial charge >= 0.3 is 0 Å². The zero-order chi connectivity index (χ0) is 10.7. The van der Waals surface area contributed by atoms with E-state index in [0.29, 0.717) is 0 Å². The van der Waals surface area contributed by atoms with Crippen LogP contribution in [-0.2, 0) is 10.2 Å². The maximum Gasteiger partial charge on any atom is 0.217 e. The zero-order valence-corrected chi connectivity index (χ0v) is 8.92. The van der Waals surface area contributed by atoms with Crippen molar-refractivity contribution in [3.05, 3.63) is 11.6 Å². The number of aromatic nitrogens is 3. The molecule has 0 saturated heterocycles. The second-order valence-corrected chi connectivity index (χ2v) is 5.02. The van der Waals surface area contributed by atoms with Gasteiger partial charge in [-0.3, -0.25) is 9.89 Å². The highest BCUT2D eigenvalue weighted by Crippen LogP contribution is 2.66. The molecule has 1 aromatic heterocycles. The molecule has 1 heterocycles. The van der Waals surface area contributed by atoms with Crippen LogP contribution in [0.2, 0.25) is 0 Å². The van der Waals surface area contributed by atoms with Gasteiger partial charge < -0.3 is 5.32 Å². The van der Waals surface area contributed by atoms with E-state index in [1.807, 2.05) is 6.92 Å². The highest BCUT2D eigenvalue weighted by Gasteiger charge is 2.70. The molecule has 15 heavy (non-hydrogen) atoms. The fraction of sp³-hybridized carbons (Fsp3) is 0.700. The first-order valence-corrected chi connectivity index (χ1v) is 5.22. The third-order valence-electron chi connectivity index (χ3n) is 3.54. The average Bonchev–Trinajstić information content (AvgIpc) is 2.40. The summed E-state index contributed by atoms with van der Waals surface area (Å²) in [4.78, 5) is 15.3. The highest BCUT2D eigenvalue weighted by atomic mass is 16.1. The van der Waals surface area contributed by atoms with Crippen molar-refractivity contribution in [2.75, 3.05) is 0 Å². The topological polar surface area (TPSA) is 70.7 Å². The lowest BCUT2D eigenvalue weighted by molar-refractivity contribution is -0.137. The van der Waals surface area contributed by atoms with Crippen LogP contribution in [0.1, 0.15) is 37.8 Å². The van der Waals surface area contributed by atoms with Crippen LogP contribution < -0.4 is 5.32 Å². The smallest absolute Gasteiger partial charge is 0.217 e. The maximum atomic E-state index is 11.0. The number of nitrogens with zero attached hydrogens (tertiary/aromatic N) is 2. The van der Waals surface area contributed by atoms with Gasteiger partial charge in [0.15, 0.2) is 5.82 Å². The second kappa shape index (κ2) is 2.40. The molecule has 0 unspecified atom stereocenters. The van der Waals surface area contributed by atoms with Gasteiger partial charge in [0.25, 0.3) is 0 Å². The number of carbonyl (C=O) groups is 1. The van der Waals surface area contributed by atoms with E-state index < -0.39 is 0 Å². The Hall–Kier alpha value is -1.39. The molecule has 1 amide bonds. The number of hydrogen-bond acceptors (Lipinski definition) is 3. The summed E-state index contributed by atoms with van der Waals surface area (Å²) in [5, 5.41) is 10.1. The molecule has 3 aliphatic carbocycles. The number of aromatic amines is 1. The van der Waals surface area contributed by atoms with E-state index in [2.05, 4.69) is 20.5 Å². The molecule has 0 aromatic carbocycles. The molecule has 80 valence electrons. The van der Waals surface area contributed by atoms with Crippen molar-refractivity contribution in [2.24, 2.45) is 0 Å². The van der Waals surface area contributed by atoms with Crippen LogP contribution in [0.4, 0.5) is 0 Å². The van der Waals surface area contributed by atoms with Crippen LogP contribution >= 0.6 is 0 Å². The SMILES string of the molecule is CC(=O)NC12CC(c3n[nH]c(C)n3)(C1)C2. The molecule has 5 heteroatoms. The summed E-state index contributed by atoms with van der Waals surface area (Å²) in [6, 6.07) is 0. The minimum absolute atomic E-state index is 0.0643.